The summed E-state index contributed by atoms with van der Waals surface area (Å²) in [5.41, 5.74) is 5.64. The Hall–Kier alpha value is -2.01. The first-order chi connectivity index (χ1) is 14.2. The minimum absolute atomic E-state index is 0.0474. The molecule has 0 saturated heterocycles. The molecule has 1 aromatic heterocycles. The molecule has 166 valence electrons. The lowest BCUT2D eigenvalue weighted by Gasteiger charge is -2.01. The van der Waals surface area contributed by atoms with E-state index >= 15 is 0 Å². The number of aromatic amines is 1. The third-order valence-corrected chi connectivity index (χ3v) is 4.45. The second kappa shape index (κ2) is 14.9. The van der Waals surface area contributed by atoms with Gasteiger partial charge in [-0.1, -0.05) is 19.1 Å². The van der Waals surface area contributed by atoms with Gasteiger partial charge in [0.15, 0.2) is 5.82 Å². The van der Waals surface area contributed by atoms with Gasteiger partial charge in [0.2, 0.25) is 0 Å². The lowest BCUT2D eigenvalue weighted by Crippen LogP contribution is -2.04. The van der Waals surface area contributed by atoms with Crippen molar-refractivity contribution in [2.75, 3.05) is 20.3 Å². The van der Waals surface area contributed by atoms with Crippen molar-refractivity contribution in [1.29, 1.82) is 0 Å². The molecule has 1 heterocycles. The van der Waals surface area contributed by atoms with Gasteiger partial charge in [0, 0.05) is 18.1 Å². The van der Waals surface area contributed by atoms with E-state index in [1.165, 1.54) is 19.2 Å². The van der Waals surface area contributed by atoms with Crippen LogP contribution in [0, 0.1) is 5.82 Å². The molecule has 10 heteroatoms. The lowest BCUT2D eigenvalue weighted by molar-refractivity contribution is 0.0595. The highest BCUT2D eigenvalue weighted by atomic mass is 79.9. The maximum atomic E-state index is 13.1. The van der Waals surface area contributed by atoms with Gasteiger partial charge in [-0.2, -0.15) is 0 Å². The molecular weight excluding hydrogens is 525 g/mol. The predicted molar refractivity (Wildman–Crippen MR) is 124 cm³/mol. The van der Waals surface area contributed by atoms with E-state index in [1.807, 2.05) is 26.1 Å². The average Bonchev–Trinajstić information content (AvgIpc) is 3.00. The van der Waals surface area contributed by atoms with Gasteiger partial charge in [0.05, 0.1) is 28.0 Å². The molecule has 0 aliphatic rings. The van der Waals surface area contributed by atoms with Crippen LogP contribution in [0.2, 0.25) is 0 Å². The first-order valence-electron chi connectivity index (χ1n) is 8.86. The molecule has 0 spiro atoms. The Morgan fingerprint density at radius 2 is 1.70 bits per heavy atom. The number of ether oxygens (including phenoxy) is 1. The zero-order valence-corrected chi connectivity index (χ0v) is 20.4. The number of rotatable bonds is 1. The Labute approximate surface area is 191 Å². The van der Waals surface area contributed by atoms with E-state index in [1.54, 1.807) is 23.7 Å². The van der Waals surface area contributed by atoms with Gasteiger partial charge < -0.3 is 15.6 Å². The van der Waals surface area contributed by atoms with Crippen LogP contribution in [0.4, 0.5) is 4.39 Å². The number of hydrogen-bond donors (Lipinski definition) is 3. The zero-order chi connectivity index (χ0) is 23.3. The highest BCUT2D eigenvalue weighted by Gasteiger charge is 2.13. The number of methoxy groups -OCH3 is 1. The fourth-order valence-corrected chi connectivity index (χ4v) is 3.08. The second-order valence-corrected chi connectivity index (χ2v) is 7.16. The van der Waals surface area contributed by atoms with E-state index in [-0.39, 0.29) is 22.2 Å². The summed E-state index contributed by atoms with van der Waals surface area (Å²) in [5, 5.41) is 11.0. The zero-order valence-electron chi connectivity index (χ0n) is 17.2. The topological polar surface area (TPSA) is 110 Å². The van der Waals surface area contributed by atoms with Crippen molar-refractivity contribution in [2.24, 2.45) is 12.8 Å². The number of carbonyl (C=O) groups is 1. The number of nitrogens with zero attached hydrogens (tertiary/aromatic N) is 1. The minimum atomic E-state index is -0.672. The van der Waals surface area contributed by atoms with Crippen LogP contribution in [0.5, 0.6) is 0 Å². The molecule has 0 atom stereocenters. The monoisotopic (exact) mass is 549 g/mol. The first-order valence-corrected chi connectivity index (χ1v) is 10.4. The summed E-state index contributed by atoms with van der Waals surface area (Å²) in [6.45, 7) is 4.58. The summed E-state index contributed by atoms with van der Waals surface area (Å²) >= 11 is 6.34. The third kappa shape index (κ3) is 8.39. The number of aliphatic hydroxyl groups excluding tert-OH is 1. The van der Waals surface area contributed by atoms with Gasteiger partial charge in [-0.05, 0) is 69.6 Å². The van der Waals surface area contributed by atoms with Crippen LogP contribution in [0.3, 0.4) is 0 Å². The van der Waals surface area contributed by atoms with Gasteiger partial charge in [0.25, 0.3) is 5.56 Å². The molecule has 0 amide bonds. The molecule has 3 aromatic rings. The number of benzene rings is 2. The molecule has 4 N–H and O–H groups in total. The van der Waals surface area contributed by atoms with E-state index in [9.17, 15) is 14.0 Å². The molecule has 30 heavy (non-hydrogen) atoms. The molecular formula is C20H26Br2FN3O4. The number of nitrogens with one attached hydrogen (secondary N) is 1. The maximum absolute atomic E-state index is 13.1. The summed E-state index contributed by atoms with van der Waals surface area (Å²) in [5.74, 6) is -1.27. The average molecular weight is 551 g/mol. The summed E-state index contributed by atoms with van der Waals surface area (Å²) in [4.78, 5) is 22.2. The normalized spacial score (nSPS) is 9.37. The Bertz CT molecular complexity index is 988. The van der Waals surface area contributed by atoms with E-state index in [0.717, 1.165) is 16.5 Å². The standard InChI is InChI=1S/C8H6BrFO2.C8H7BrN2O.C2H7N.C2H6O/c1-12-8(11)5-3-2-4-6(9)7(5)10;1-11-7-5(8(12)10-11)3-2-4-6(7)9;2*1-2-3/h2-4H,1H3;2-4H,1H3,(H,10,12);2-3H2,1H3;3H,2H2,1H3. The SMILES string of the molecule is CCN.CCO.COC(=O)c1cccc(Br)c1F.Cn1[nH]c(=O)c2cccc(Br)c21. The van der Waals surface area contributed by atoms with Crippen molar-refractivity contribution >= 4 is 48.7 Å². The Balaban J connectivity index is 0.000000446. The number of aliphatic hydroxyl groups is 1. The summed E-state index contributed by atoms with van der Waals surface area (Å²) < 4.78 is 20.4. The predicted octanol–water partition coefficient (Wildman–Crippen LogP) is 3.97. The van der Waals surface area contributed by atoms with E-state index < -0.39 is 11.8 Å². The fourth-order valence-electron chi connectivity index (χ4n) is 2.08. The van der Waals surface area contributed by atoms with Crippen molar-refractivity contribution in [1.82, 2.24) is 9.78 Å². The smallest absolute Gasteiger partial charge is 0.340 e. The Kier molecular flexibility index (Phi) is 13.9. The van der Waals surface area contributed by atoms with Crippen LogP contribution in [0.1, 0.15) is 24.2 Å². The van der Waals surface area contributed by atoms with Crippen molar-refractivity contribution < 1.29 is 19.0 Å². The van der Waals surface area contributed by atoms with E-state index in [2.05, 4.69) is 41.7 Å². The molecule has 7 nitrogen and oxygen atoms in total. The van der Waals surface area contributed by atoms with Crippen molar-refractivity contribution in [3.05, 3.63) is 67.1 Å². The highest BCUT2D eigenvalue weighted by Crippen LogP contribution is 2.20. The Morgan fingerprint density at radius 3 is 2.20 bits per heavy atom. The maximum Gasteiger partial charge on any atom is 0.340 e. The highest BCUT2D eigenvalue weighted by molar-refractivity contribution is 9.11. The number of aromatic nitrogens is 2. The van der Waals surface area contributed by atoms with Crippen LogP contribution in [-0.2, 0) is 11.8 Å². The van der Waals surface area contributed by atoms with Gasteiger partial charge in [-0.15, -0.1) is 0 Å². The minimum Gasteiger partial charge on any atom is -0.465 e. The van der Waals surface area contributed by atoms with Crippen molar-refractivity contribution in [2.45, 2.75) is 13.8 Å². The van der Waals surface area contributed by atoms with Crippen LogP contribution >= 0.6 is 31.9 Å². The van der Waals surface area contributed by atoms with Gasteiger partial charge in [0.1, 0.15) is 0 Å². The molecule has 0 aliphatic heterocycles. The lowest BCUT2D eigenvalue weighted by atomic mass is 10.2. The van der Waals surface area contributed by atoms with E-state index in [0.29, 0.717) is 5.39 Å². The Morgan fingerprint density at radius 1 is 1.20 bits per heavy atom. The van der Waals surface area contributed by atoms with Crippen LogP contribution in [0.25, 0.3) is 10.9 Å². The molecule has 2 aromatic carbocycles. The quantitative estimate of drug-likeness (QED) is 0.397. The number of nitrogens with two attached hydrogens (primary N) is 1. The summed E-state index contributed by atoms with van der Waals surface area (Å²) in [6, 6.07) is 10.0. The van der Waals surface area contributed by atoms with Crippen molar-refractivity contribution in [3.63, 3.8) is 0 Å². The summed E-state index contributed by atoms with van der Waals surface area (Å²) in [6.07, 6.45) is 0. The number of hydrogen-bond acceptors (Lipinski definition) is 5. The second-order valence-electron chi connectivity index (χ2n) is 5.45. The number of fused-ring (bicyclic) bond motifs is 1. The van der Waals surface area contributed by atoms with Crippen molar-refractivity contribution in [3.8, 4) is 0 Å². The number of H-pyrrole nitrogens is 1. The number of aryl methyl sites for hydroxylation is 1. The summed E-state index contributed by atoms with van der Waals surface area (Å²) in [7, 11) is 3.02. The van der Waals surface area contributed by atoms with Gasteiger partial charge >= 0.3 is 5.97 Å². The van der Waals surface area contributed by atoms with Gasteiger partial charge in [-0.25, -0.2) is 9.18 Å². The van der Waals surface area contributed by atoms with Gasteiger partial charge in [-0.3, -0.25) is 14.6 Å². The first kappa shape index (κ1) is 28.0. The number of carbonyl (C=O) groups excluding carboxylic acids is 1. The van der Waals surface area contributed by atoms with Crippen LogP contribution in [0.15, 0.2) is 50.1 Å². The molecule has 0 fully saturated rings. The molecule has 0 saturated carbocycles. The number of esters is 1. The van der Waals surface area contributed by atoms with Crippen LogP contribution < -0.4 is 11.3 Å². The molecule has 0 bridgehead atoms. The molecule has 0 aliphatic carbocycles. The fraction of sp³-hybridized carbons (Fsp3) is 0.300. The third-order valence-electron chi connectivity index (χ3n) is 3.19. The largest absolute Gasteiger partial charge is 0.465 e. The molecule has 0 radical (unpaired) electrons. The number of para-hydroxylation sites is 1. The number of halogens is 3. The van der Waals surface area contributed by atoms with E-state index in [4.69, 9.17) is 10.8 Å². The van der Waals surface area contributed by atoms with Crippen LogP contribution in [-0.4, -0.2) is 41.1 Å². The molecule has 0 unspecified atom stereocenters. The molecule has 3 rings (SSSR count).